The third-order valence-electron chi connectivity index (χ3n) is 8.14. The highest BCUT2D eigenvalue weighted by atomic mass is 35.5. The third-order valence-corrected chi connectivity index (χ3v) is 8.71. The first kappa shape index (κ1) is 29.3. The number of ether oxygens (including phenoxy) is 1. The molecule has 12 heteroatoms. The van der Waals surface area contributed by atoms with E-state index in [1.807, 2.05) is 36.2 Å². The van der Waals surface area contributed by atoms with Crippen molar-refractivity contribution in [3.63, 3.8) is 0 Å². The Kier molecular flexibility index (Phi) is 9.11. The molecule has 0 saturated carbocycles. The Morgan fingerprint density at radius 3 is 2.34 bits per heavy atom. The maximum Gasteiger partial charge on any atom is 0.410 e. The van der Waals surface area contributed by atoms with Crippen LogP contribution >= 0.6 is 23.2 Å². The Morgan fingerprint density at radius 2 is 1.66 bits per heavy atom. The first-order chi connectivity index (χ1) is 19.7. The van der Waals surface area contributed by atoms with Gasteiger partial charge in [0.05, 0.1) is 10.0 Å². The van der Waals surface area contributed by atoms with Crippen molar-refractivity contribution in [3.05, 3.63) is 57.6 Å². The number of amides is 4. The number of piperidine rings is 1. The molecule has 2 N–H and O–H groups in total. The number of phenolic OH excluding ortho intramolecular Hbond substituents is 1. The molecule has 0 unspecified atom stereocenters. The molecule has 5 rings (SSSR count). The van der Waals surface area contributed by atoms with Gasteiger partial charge in [-0.3, -0.25) is 4.79 Å². The van der Waals surface area contributed by atoms with E-state index in [4.69, 9.17) is 27.9 Å². The van der Waals surface area contributed by atoms with Gasteiger partial charge in [0, 0.05) is 64.0 Å². The molecule has 220 valence electrons. The zero-order chi connectivity index (χ0) is 29.1. The summed E-state index contributed by atoms with van der Waals surface area (Å²) in [6.07, 6.45) is 0.410. The number of likely N-dealkylation sites (N-methyl/N-ethyl adjacent to an activating group) is 1. The van der Waals surface area contributed by atoms with Crippen LogP contribution in [-0.2, 0) is 22.4 Å². The Labute approximate surface area is 249 Å². The maximum absolute atomic E-state index is 13.5. The number of carbonyl (C=O) groups is 3. The second-order valence-electron chi connectivity index (χ2n) is 10.9. The van der Waals surface area contributed by atoms with Crippen molar-refractivity contribution in [1.82, 2.24) is 19.6 Å². The minimum atomic E-state index is -1.07. The molecule has 2 fully saturated rings. The molecule has 0 aromatic heterocycles. The molecule has 0 bridgehead atoms. The van der Waals surface area contributed by atoms with Crippen molar-refractivity contribution in [2.24, 2.45) is 0 Å². The monoisotopic (exact) mass is 603 g/mol. The number of anilines is 1. The SMILES string of the molecule is CN1CCN(C(=O)[C@@H](Cc2cc(Cl)c(O)c(Cl)c2)OC(=O)N2CCC(N3CCc4ccccc4NC3=O)CC2)CC1. The average Bonchev–Trinajstić information content (AvgIpc) is 3.13. The summed E-state index contributed by atoms with van der Waals surface area (Å²) in [5.41, 5.74) is 2.52. The number of nitrogens with zero attached hydrogens (tertiary/aromatic N) is 4. The van der Waals surface area contributed by atoms with Gasteiger partial charge in [-0.2, -0.15) is 0 Å². The van der Waals surface area contributed by atoms with Crippen LogP contribution in [0.15, 0.2) is 36.4 Å². The molecule has 2 aromatic rings. The fourth-order valence-corrected chi connectivity index (χ4v) is 6.19. The summed E-state index contributed by atoms with van der Waals surface area (Å²) in [6, 6.07) is 10.7. The zero-order valence-electron chi connectivity index (χ0n) is 23.0. The standard InChI is InChI=1S/C29H35Cl2N5O5/c1-33-12-14-34(15-13-33)27(38)25(18-19-16-22(30)26(37)23(31)17-19)41-29(40)35-9-7-21(8-10-35)36-11-6-20-4-2-3-5-24(20)32-28(36)39/h2-5,16-17,21,25,37H,6-15,18H2,1H3,(H,32,39)/t25-/m1/s1. The molecular formula is C29H35Cl2N5O5. The molecule has 10 nitrogen and oxygen atoms in total. The molecule has 0 spiro atoms. The van der Waals surface area contributed by atoms with E-state index < -0.39 is 12.2 Å². The molecule has 3 aliphatic heterocycles. The predicted octanol–water partition coefficient (Wildman–Crippen LogP) is 4.08. The smallest absolute Gasteiger partial charge is 0.410 e. The van der Waals surface area contributed by atoms with Gasteiger partial charge in [0.25, 0.3) is 5.91 Å². The number of nitrogens with one attached hydrogen (secondary N) is 1. The summed E-state index contributed by atoms with van der Waals surface area (Å²) < 4.78 is 5.85. The van der Waals surface area contributed by atoms with E-state index in [2.05, 4.69) is 10.2 Å². The Bertz CT molecular complexity index is 1270. The molecular weight excluding hydrogens is 569 g/mol. The summed E-state index contributed by atoms with van der Waals surface area (Å²) >= 11 is 12.2. The number of hydrogen-bond donors (Lipinski definition) is 2. The lowest BCUT2D eigenvalue weighted by atomic mass is 10.0. The number of benzene rings is 2. The first-order valence-electron chi connectivity index (χ1n) is 13.9. The number of aromatic hydroxyl groups is 1. The van der Waals surface area contributed by atoms with Crippen molar-refractivity contribution in [2.45, 2.75) is 37.8 Å². The van der Waals surface area contributed by atoms with Crippen molar-refractivity contribution in [1.29, 1.82) is 0 Å². The van der Waals surface area contributed by atoms with Crippen molar-refractivity contribution in [3.8, 4) is 5.75 Å². The highest BCUT2D eigenvalue weighted by Gasteiger charge is 2.35. The van der Waals surface area contributed by atoms with Crippen molar-refractivity contribution in [2.75, 3.05) is 58.2 Å². The number of likely N-dealkylation sites (tertiary alicyclic amines) is 1. The number of carbonyl (C=O) groups excluding carboxylic acids is 3. The molecule has 41 heavy (non-hydrogen) atoms. The number of phenols is 1. The second-order valence-corrected chi connectivity index (χ2v) is 11.7. The minimum Gasteiger partial charge on any atom is -0.505 e. The van der Waals surface area contributed by atoms with E-state index in [9.17, 15) is 19.5 Å². The van der Waals surface area contributed by atoms with Gasteiger partial charge in [0.15, 0.2) is 11.9 Å². The van der Waals surface area contributed by atoms with Gasteiger partial charge in [-0.15, -0.1) is 0 Å². The number of hydrogen-bond acceptors (Lipinski definition) is 6. The average molecular weight is 605 g/mol. The fourth-order valence-electron chi connectivity index (χ4n) is 5.65. The molecule has 4 amide bonds. The second kappa shape index (κ2) is 12.8. The molecule has 3 aliphatic rings. The van der Waals surface area contributed by atoms with Crippen LogP contribution in [0, 0.1) is 0 Å². The number of urea groups is 1. The van der Waals surface area contributed by atoms with Gasteiger partial charge >= 0.3 is 12.1 Å². The topological polar surface area (TPSA) is 106 Å². The van der Waals surface area contributed by atoms with Gasteiger partial charge < -0.3 is 34.8 Å². The summed E-state index contributed by atoms with van der Waals surface area (Å²) in [5.74, 6) is -0.511. The van der Waals surface area contributed by atoms with Crippen LogP contribution in [0.4, 0.5) is 15.3 Å². The number of halogens is 2. The van der Waals surface area contributed by atoms with Crippen LogP contribution < -0.4 is 5.32 Å². The molecule has 0 aliphatic carbocycles. The molecule has 1 atom stereocenters. The van der Waals surface area contributed by atoms with Crippen LogP contribution in [0.1, 0.15) is 24.0 Å². The molecule has 0 radical (unpaired) electrons. The lowest BCUT2D eigenvalue weighted by Crippen LogP contribution is -2.53. The first-order valence-corrected chi connectivity index (χ1v) is 14.7. The van der Waals surface area contributed by atoms with E-state index in [1.165, 1.54) is 12.1 Å². The van der Waals surface area contributed by atoms with Crippen LogP contribution in [0.2, 0.25) is 10.0 Å². The Balaban J connectivity index is 1.23. The van der Waals surface area contributed by atoms with Crippen molar-refractivity contribution < 1.29 is 24.2 Å². The van der Waals surface area contributed by atoms with Gasteiger partial charge in [-0.1, -0.05) is 41.4 Å². The number of fused-ring (bicyclic) bond motifs is 1. The molecule has 3 heterocycles. The number of piperazine rings is 1. The summed E-state index contributed by atoms with van der Waals surface area (Å²) in [6.45, 7) is 3.95. The lowest BCUT2D eigenvalue weighted by Gasteiger charge is -2.38. The number of para-hydroxylation sites is 1. The van der Waals surface area contributed by atoms with Crippen LogP contribution in [-0.4, -0.2) is 108 Å². The zero-order valence-corrected chi connectivity index (χ0v) is 24.5. The van der Waals surface area contributed by atoms with E-state index in [1.54, 1.807) is 9.80 Å². The quantitative estimate of drug-likeness (QED) is 0.533. The van der Waals surface area contributed by atoms with E-state index >= 15 is 0 Å². The van der Waals surface area contributed by atoms with Crippen molar-refractivity contribution >= 4 is 46.9 Å². The highest BCUT2D eigenvalue weighted by molar-refractivity contribution is 6.37. The van der Waals surface area contributed by atoms with Gasteiger partial charge in [0.2, 0.25) is 0 Å². The van der Waals surface area contributed by atoms with E-state index in [-0.39, 0.29) is 40.2 Å². The Morgan fingerprint density at radius 1 is 1.00 bits per heavy atom. The van der Waals surface area contributed by atoms with E-state index in [0.717, 1.165) is 30.8 Å². The number of rotatable bonds is 5. The fraction of sp³-hybridized carbons (Fsp3) is 0.483. The minimum absolute atomic E-state index is 0.00240. The predicted molar refractivity (Wildman–Crippen MR) is 157 cm³/mol. The highest BCUT2D eigenvalue weighted by Crippen LogP contribution is 2.33. The Hall–Kier alpha value is -3.21. The summed E-state index contributed by atoms with van der Waals surface area (Å²) in [7, 11) is 2.00. The van der Waals surface area contributed by atoms with E-state index in [0.29, 0.717) is 51.1 Å². The summed E-state index contributed by atoms with van der Waals surface area (Å²) in [4.78, 5) is 47.1. The summed E-state index contributed by atoms with van der Waals surface area (Å²) in [5, 5.41) is 13.1. The van der Waals surface area contributed by atoms with Crippen LogP contribution in [0.25, 0.3) is 0 Å². The van der Waals surface area contributed by atoms with Gasteiger partial charge in [-0.05, 0) is 55.6 Å². The van der Waals surface area contributed by atoms with Gasteiger partial charge in [-0.25, -0.2) is 9.59 Å². The third kappa shape index (κ3) is 6.82. The molecule has 2 saturated heterocycles. The maximum atomic E-state index is 13.5. The van der Waals surface area contributed by atoms with Crippen LogP contribution in [0.5, 0.6) is 5.75 Å². The van der Waals surface area contributed by atoms with Crippen LogP contribution in [0.3, 0.4) is 0 Å². The molecule has 2 aromatic carbocycles. The largest absolute Gasteiger partial charge is 0.505 e. The lowest BCUT2D eigenvalue weighted by molar-refractivity contribution is -0.142. The normalized spacial score (nSPS) is 19.3. The van der Waals surface area contributed by atoms with Gasteiger partial charge in [0.1, 0.15) is 0 Å².